The molecule has 1 heterocycles. The maximum absolute atomic E-state index is 5.91. The van der Waals surface area contributed by atoms with Gasteiger partial charge in [-0.15, -0.1) is 11.6 Å². The minimum absolute atomic E-state index is 0.590. The molecule has 2 nitrogen and oxygen atoms in total. The average molecular weight is 201 g/mol. The fourth-order valence-electron chi connectivity index (χ4n) is 1.68. The molecule has 0 fully saturated rings. The summed E-state index contributed by atoms with van der Waals surface area (Å²) in [6, 6.07) is 0. The highest BCUT2D eigenvalue weighted by molar-refractivity contribution is 6.17. The van der Waals surface area contributed by atoms with E-state index in [0.29, 0.717) is 5.88 Å². The van der Waals surface area contributed by atoms with Crippen molar-refractivity contribution in [2.24, 2.45) is 0 Å². The average Bonchev–Trinajstić information content (AvgIpc) is 2.54. The SMILES string of the molecule is CCc1nn(CC)c(CC)c1CCl. The monoisotopic (exact) mass is 200 g/mol. The minimum Gasteiger partial charge on any atom is -0.269 e. The molecule has 0 N–H and O–H groups in total. The molecule has 0 aromatic carbocycles. The quantitative estimate of drug-likeness (QED) is 0.684. The van der Waals surface area contributed by atoms with Crippen LogP contribution in [-0.4, -0.2) is 9.78 Å². The van der Waals surface area contributed by atoms with E-state index in [2.05, 4.69) is 30.6 Å². The van der Waals surface area contributed by atoms with E-state index in [-0.39, 0.29) is 0 Å². The Morgan fingerprint density at radius 2 is 1.92 bits per heavy atom. The summed E-state index contributed by atoms with van der Waals surface area (Å²) in [5, 5.41) is 4.52. The van der Waals surface area contributed by atoms with Crippen LogP contribution in [0.25, 0.3) is 0 Å². The van der Waals surface area contributed by atoms with Crippen LogP contribution in [0.15, 0.2) is 0 Å². The van der Waals surface area contributed by atoms with Gasteiger partial charge in [0.05, 0.1) is 11.6 Å². The predicted molar refractivity (Wildman–Crippen MR) is 56.2 cm³/mol. The molecule has 13 heavy (non-hydrogen) atoms. The van der Waals surface area contributed by atoms with E-state index in [1.807, 2.05) is 0 Å². The lowest BCUT2D eigenvalue weighted by molar-refractivity contribution is 0.617. The van der Waals surface area contributed by atoms with Crippen LogP contribution in [0.1, 0.15) is 37.7 Å². The lowest BCUT2D eigenvalue weighted by Crippen LogP contribution is -2.02. The highest BCUT2D eigenvalue weighted by Gasteiger charge is 2.12. The van der Waals surface area contributed by atoms with Crippen LogP contribution in [-0.2, 0) is 25.3 Å². The summed E-state index contributed by atoms with van der Waals surface area (Å²) >= 11 is 5.91. The van der Waals surface area contributed by atoms with Crippen molar-refractivity contribution in [3.8, 4) is 0 Å². The Morgan fingerprint density at radius 3 is 2.31 bits per heavy atom. The van der Waals surface area contributed by atoms with Crippen LogP contribution in [0.4, 0.5) is 0 Å². The van der Waals surface area contributed by atoms with E-state index < -0.39 is 0 Å². The van der Waals surface area contributed by atoms with E-state index in [4.69, 9.17) is 11.6 Å². The molecular formula is C10H17ClN2. The van der Waals surface area contributed by atoms with Crippen molar-refractivity contribution in [3.63, 3.8) is 0 Å². The summed E-state index contributed by atoms with van der Waals surface area (Å²) in [5.41, 5.74) is 3.71. The first-order valence-corrected chi connectivity index (χ1v) is 5.45. The first-order chi connectivity index (χ1) is 6.28. The van der Waals surface area contributed by atoms with Crippen molar-refractivity contribution >= 4 is 11.6 Å². The molecule has 0 amide bonds. The van der Waals surface area contributed by atoms with Gasteiger partial charge in [0.2, 0.25) is 0 Å². The highest BCUT2D eigenvalue weighted by Crippen LogP contribution is 2.18. The second kappa shape index (κ2) is 4.66. The first-order valence-electron chi connectivity index (χ1n) is 4.91. The Morgan fingerprint density at radius 1 is 1.23 bits per heavy atom. The standard InChI is InChI=1S/C10H17ClN2/c1-4-9-8(7-11)10(5-2)13(6-3)12-9/h4-7H2,1-3H3. The van der Waals surface area contributed by atoms with Gasteiger partial charge in [-0.2, -0.15) is 5.10 Å². The fraction of sp³-hybridized carbons (Fsp3) is 0.700. The Hall–Kier alpha value is -0.500. The molecule has 0 saturated heterocycles. The predicted octanol–water partition coefficient (Wildman–Crippen LogP) is 2.77. The molecule has 1 aromatic heterocycles. The van der Waals surface area contributed by atoms with Gasteiger partial charge in [-0.05, 0) is 19.8 Å². The highest BCUT2D eigenvalue weighted by atomic mass is 35.5. The van der Waals surface area contributed by atoms with Crippen molar-refractivity contribution in [1.82, 2.24) is 9.78 Å². The van der Waals surface area contributed by atoms with Crippen molar-refractivity contribution in [2.75, 3.05) is 0 Å². The maximum Gasteiger partial charge on any atom is 0.0668 e. The van der Waals surface area contributed by atoms with E-state index in [9.17, 15) is 0 Å². The van der Waals surface area contributed by atoms with E-state index in [1.165, 1.54) is 11.3 Å². The smallest absolute Gasteiger partial charge is 0.0668 e. The van der Waals surface area contributed by atoms with Gasteiger partial charge in [0.15, 0.2) is 0 Å². The molecule has 74 valence electrons. The molecular weight excluding hydrogens is 184 g/mol. The lowest BCUT2D eigenvalue weighted by atomic mass is 10.1. The molecule has 0 spiro atoms. The number of aryl methyl sites for hydroxylation is 2. The summed E-state index contributed by atoms with van der Waals surface area (Å²) in [7, 11) is 0. The molecule has 0 atom stereocenters. The number of alkyl halides is 1. The van der Waals surface area contributed by atoms with Gasteiger partial charge in [-0.1, -0.05) is 13.8 Å². The summed E-state index contributed by atoms with van der Waals surface area (Å²) in [5.74, 6) is 0.590. The van der Waals surface area contributed by atoms with Crippen molar-refractivity contribution in [1.29, 1.82) is 0 Å². The molecule has 0 aliphatic heterocycles. The Labute approximate surface area is 84.9 Å². The largest absolute Gasteiger partial charge is 0.269 e. The maximum atomic E-state index is 5.91. The van der Waals surface area contributed by atoms with Crippen LogP contribution in [0.2, 0.25) is 0 Å². The molecule has 0 bridgehead atoms. The molecule has 0 radical (unpaired) electrons. The second-order valence-electron chi connectivity index (χ2n) is 3.03. The number of rotatable bonds is 4. The number of hydrogen-bond donors (Lipinski definition) is 0. The summed E-state index contributed by atoms with van der Waals surface area (Å²) in [6.07, 6.45) is 1.99. The molecule has 3 heteroatoms. The van der Waals surface area contributed by atoms with E-state index >= 15 is 0 Å². The van der Waals surface area contributed by atoms with Gasteiger partial charge >= 0.3 is 0 Å². The lowest BCUT2D eigenvalue weighted by Gasteiger charge is -2.02. The van der Waals surface area contributed by atoms with Crippen molar-refractivity contribution < 1.29 is 0 Å². The molecule has 0 saturated carbocycles. The Kier molecular flexibility index (Phi) is 3.79. The van der Waals surface area contributed by atoms with Gasteiger partial charge in [-0.3, -0.25) is 4.68 Å². The zero-order chi connectivity index (χ0) is 9.84. The van der Waals surface area contributed by atoms with Crippen molar-refractivity contribution in [3.05, 3.63) is 17.0 Å². The van der Waals surface area contributed by atoms with Gasteiger partial charge in [0.1, 0.15) is 0 Å². The number of aromatic nitrogens is 2. The molecule has 0 unspecified atom stereocenters. The minimum atomic E-state index is 0.590. The van der Waals surface area contributed by atoms with Crippen LogP contribution in [0.5, 0.6) is 0 Å². The van der Waals surface area contributed by atoms with Gasteiger partial charge in [0, 0.05) is 17.8 Å². The van der Waals surface area contributed by atoms with Gasteiger partial charge in [0.25, 0.3) is 0 Å². The van der Waals surface area contributed by atoms with Gasteiger partial charge in [-0.25, -0.2) is 0 Å². The van der Waals surface area contributed by atoms with Crippen LogP contribution < -0.4 is 0 Å². The number of nitrogens with zero attached hydrogens (tertiary/aromatic N) is 2. The third kappa shape index (κ3) is 1.88. The third-order valence-corrected chi connectivity index (χ3v) is 2.62. The van der Waals surface area contributed by atoms with Crippen molar-refractivity contribution in [2.45, 2.75) is 46.0 Å². The van der Waals surface area contributed by atoms with E-state index in [1.54, 1.807) is 0 Å². The summed E-state index contributed by atoms with van der Waals surface area (Å²) < 4.78 is 2.07. The van der Waals surface area contributed by atoms with Crippen LogP contribution in [0.3, 0.4) is 0 Å². The molecule has 1 aromatic rings. The zero-order valence-corrected chi connectivity index (χ0v) is 9.36. The first kappa shape index (κ1) is 10.6. The number of hydrogen-bond acceptors (Lipinski definition) is 1. The third-order valence-electron chi connectivity index (χ3n) is 2.35. The molecule has 1 rings (SSSR count). The summed E-state index contributed by atoms with van der Waals surface area (Å²) in [4.78, 5) is 0. The number of halogens is 1. The Balaban J connectivity index is 3.17. The van der Waals surface area contributed by atoms with Gasteiger partial charge < -0.3 is 0 Å². The summed E-state index contributed by atoms with van der Waals surface area (Å²) in [6.45, 7) is 7.33. The van der Waals surface area contributed by atoms with Crippen LogP contribution in [0, 0.1) is 0 Å². The van der Waals surface area contributed by atoms with E-state index in [0.717, 1.165) is 25.1 Å². The fourth-order valence-corrected chi connectivity index (χ4v) is 1.99. The Bertz CT molecular complexity index is 252. The molecule has 0 aliphatic carbocycles. The normalized spacial score (nSPS) is 10.8. The second-order valence-corrected chi connectivity index (χ2v) is 3.30. The molecule has 0 aliphatic rings. The zero-order valence-electron chi connectivity index (χ0n) is 8.60. The topological polar surface area (TPSA) is 17.8 Å². The van der Waals surface area contributed by atoms with Crippen LogP contribution >= 0.6 is 11.6 Å².